The number of aliphatic hydroxyl groups excluding tert-OH is 1. The lowest BCUT2D eigenvalue weighted by Gasteiger charge is -2.13. The van der Waals surface area contributed by atoms with Gasteiger partial charge in [-0.1, -0.05) is 0 Å². The molecule has 3 nitrogen and oxygen atoms in total. The summed E-state index contributed by atoms with van der Waals surface area (Å²) in [5.41, 5.74) is 0.433. The quantitative estimate of drug-likeness (QED) is 0.603. The number of piperidine rings is 1. The first-order chi connectivity index (χ1) is 5.79. The normalized spacial score (nSPS) is 45.8. The molecule has 3 atom stereocenters. The summed E-state index contributed by atoms with van der Waals surface area (Å²) in [7, 11) is 0. The summed E-state index contributed by atoms with van der Waals surface area (Å²) in [4.78, 5) is 11.4. The summed E-state index contributed by atoms with van der Waals surface area (Å²) in [6, 6.07) is 0.287. The third kappa shape index (κ3) is 0.600. The van der Waals surface area contributed by atoms with Gasteiger partial charge >= 0.3 is 0 Å². The van der Waals surface area contributed by atoms with Crippen LogP contribution in [0.1, 0.15) is 19.3 Å². The second kappa shape index (κ2) is 1.84. The van der Waals surface area contributed by atoms with E-state index in [1.54, 1.807) is 0 Å². The molecule has 0 aromatic heterocycles. The van der Waals surface area contributed by atoms with Gasteiger partial charge in [0.25, 0.3) is 0 Å². The lowest BCUT2D eigenvalue weighted by Crippen LogP contribution is -2.33. The van der Waals surface area contributed by atoms with Gasteiger partial charge in [-0.05, 0) is 30.6 Å². The zero-order chi connectivity index (χ0) is 8.34. The molecule has 1 aliphatic heterocycles. The molecule has 66 valence electrons. The predicted octanol–water partition coefficient (Wildman–Crippen LogP) is -0.107. The van der Waals surface area contributed by atoms with E-state index in [-0.39, 0.29) is 18.6 Å². The standard InChI is InChI=1S/C9H13NO2/c11-4-1-5-6-7(8(12)10-5)9(6)2-3-9/h5-7,11H,1-4H2,(H,10,12). The Hall–Kier alpha value is -0.570. The maximum Gasteiger partial charge on any atom is 0.224 e. The van der Waals surface area contributed by atoms with Crippen molar-refractivity contribution in [2.45, 2.75) is 25.3 Å². The predicted molar refractivity (Wildman–Crippen MR) is 42.3 cm³/mol. The minimum absolute atomic E-state index is 0.199. The van der Waals surface area contributed by atoms with Gasteiger partial charge < -0.3 is 10.4 Å². The van der Waals surface area contributed by atoms with E-state index >= 15 is 0 Å². The Bertz CT molecular complexity index is 247. The summed E-state index contributed by atoms with van der Waals surface area (Å²) < 4.78 is 0. The van der Waals surface area contributed by atoms with E-state index in [4.69, 9.17) is 5.11 Å². The molecule has 0 radical (unpaired) electrons. The molecule has 2 aliphatic carbocycles. The highest BCUT2D eigenvalue weighted by Crippen LogP contribution is 2.77. The van der Waals surface area contributed by atoms with Crippen molar-refractivity contribution in [2.24, 2.45) is 17.3 Å². The summed E-state index contributed by atoms with van der Waals surface area (Å²) >= 11 is 0. The number of aliphatic hydroxyl groups is 1. The fraction of sp³-hybridized carbons (Fsp3) is 0.889. The van der Waals surface area contributed by atoms with Gasteiger partial charge in [0.15, 0.2) is 0 Å². The fourth-order valence-corrected chi connectivity index (χ4v) is 3.12. The summed E-state index contributed by atoms with van der Waals surface area (Å²) in [5, 5.41) is 11.7. The zero-order valence-electron chi connectivity index (χ0n) is 6.92. The minimum Gasteiger partial charge on any atom is -0.396 e. The van der Waals surface area contributed by atoms with E-state index in [2.05, 4.69) is 5.32 Å². The van der Waals surface area contributed by atoms with Gasteiger partial charge in [-0.25, -0.2) is 0 Å². The van der Waals surface area contributed by atoms with Crippen LogP contribution in [0.4, 0.5) is 0 Å². The molecule has 3 aliphatic rings. The fourth-order valence-electron chi connectivity index (χ4n) is 3.12. The lowest BCUT2D eigenvalue weighted by molar-refractivity contribution is -0.121. The van der Waals surface area contributed by atoms with Crippen molar-refractivity contribution in [2.75, 3.05) is 6.61 Å². The molecule has 3 fully saturated rings. The Morgan fingerprint density at radius 2 is 2.33 bits per heavy atom. The van der Waals surface area contributed by atoms with Crippen molar-refractivity contribution in [1.82, 2.24) is 5.32 Å². The second-order valence-electron chi connectivity index (χ2n) is 4.36. The molecule has 2 N–H and O–H groups in total. The average Bonchev–Trinajstić information content (AvgIpc) is 2.89. The van der Waals surface area contributed by atoms with Crippen molar-refractivity contribution in [1.29, 1.82) is 0 Å². The van der Waals surface area contributed by atoms with Crippen LogP contribution in [0, 0.1) is 17.3 Å². The SMILES string of the molecule is O=C1NC(CCO)C2C1C21CC1. The summed E-state index contributed by atoms with van der Waals surface area (Å²) in [5.74, 6) is 1.15. The van der Waals surface area contributed by atoms with E-state index in [9.17, 15) is 4.79 Å². The van der Waals surface area contributed by atoms with Crippen LogP contribution < -0.4 is 5.32 Å². The molecule has 0 aromatic carbocycles. The van der Waals surface area contributed by atoms with Crippen molar-refractivity contribution in [3.05, 3.63) is 0 Å². The van der Waals surface area contributed by atoms with Crippen LogP contribution in [0.2, 0.25) is 0 Å². The number of rotatable bonds is 2. The van der Waals surface area contributed by atoms with Crippen LogP contribution in [0.15, 0.2) is 0 Å². The molecule has 3 unspecified atom stereocenters. The number of hydrogen-bond donors (Lipinski definition) is 2. The maximum atomic E-state index is 11.4. The van der Waals surface area contributed by atoms with Crippen LogP contribution in [-0.2, 0) is 4.79 Å². The highest BCUT2D eigenvalue weighted by atomic mass is 16.3. The number of fused-ring (bicyclic) bond motifs is 3. The van der Waals surface area contributed by atoms with Crippen LogP contribution >= 0.6 is 0 Å². The van der Waals surface area contributed by atoms with E-state index in [1.807, 2.05) is 0 Å². The molecule has 0 aromatic rings. The Morgan fingerprint density at radius 3 is 2.83 bits per heavy atom. The Labute approximate surface area is 71.1 Å². The average molecular weight is 167 g/mol. The molecule has 1 spiro atoms. The third-order valence-corrected chi connectivity index (χ3v) is 3.84. The van der Waals surface area contributed by atoms with Crippen LogP contribution in [-0.4, -0.2) is 23.7 Å². The minimum atomic E-state index is 0.199. The molecule has 3 rings (SSSR count). The number of amides is 1. The Morgan fingerprint density at radius 1 is 1.58 bits per heavy atom. The monoisotopic (exact) mass is 167 g/mol. The van der Waals surface area contributed by atoms with Gasteiger partial charge in [0.1, 0.15) is 0 Å². The first-order valence-electron chi connectivity index (χ1n) is 4.71. The molecule has 1 heterocycles. The molecule has 1 amide bonds. The van der Waals surface area contributed by atoms with Gasteiger partial charge in [0.2, 0.25) is 5.91 Å². The number of carbonyl (C=O) groups is 1. The van der Waals surface area contributed by atoms with E-state index in [0.717, 1.165) is 6.42 Å². The molecule has 2 saturated carbocycles. The summed E-state index contributed by atoms with van der Waals surface area (Å²) in [6.07, 6.45) is 3.24. The van der Waals surface area contributed by atoms with Crippen molar-refractivity contribution in [3.63, 3.8) is 0 Å². The third-order valence-electron chi connectivity index (χ3n) is 3.84. The Kier molecular flexibility index (Phi) is 1.06. The smallest absolute Gasteiger partial charge is 0.224 e. The Balaban J connectivity index is 1.79. The number of nitrogens with one attached hydrogen (secondary N) is 1. The molecule has 1 saturated heterocycles. The highest BCUT2D eigenvalue weighted by Gasteiger charge is 2.79. The largest absolute Gasteiger partial charge is 0.396 e. The van der Waals surface area contributed by atoms with Crippen molar-refractivity contribution >= 4 is 5.91 Å². The molecule has 0 bridgehead atoms. The van der Waals surface area contributed by atoms with Gasteiger partial charge in [-0.15, -0.1) is 0 Å². The lowest BCUT2D eigenvalue weighted by atomic mass is 10.1. The second-order valence-corrected chi connectivity index (χ2v) is 4.36. The van der Waals surface area contributed by atoms with E-state index < -0.39 is 0 Å². The topological polar surface area (TPSA) is 49.3 Å². The highest BCUT2D eigenvalue weighted by molar-refractivity contribution is 5.88. The maximum absolute atomic E-state index is 11.4. The molecule has 3 heteroatoms. The first-order valence-corrected chi connectivity index (χ1v) is 4.71. The van der Waals surface area contributed by atoms with Crippen molar-refractivity contribution < 1.29 is 9.90 Å². The van der Waals surface area contributed by atoms with E-state index in [0.29, 0.717) is 17.3 Å². The van der Waals surface area contributed by atoms with Crippen LogP contribution in [0.5, 0.6) is 0 Å². The van der Waals surface area contributed by atoms with Gasteiger partial charge in [0.05, 0.1) is 0 Å². The van der Waals surface area contributed by atoms with Crippen LogP contribution in [0.25, 0.3) is 0 Å². The van der Waals surface area contributed by atoms with Crippen LogP contribution in [0.3, 0.4) is 0 Å². The first kappa shape index (κ1) is 6.89. The van der Waals surface area contributed by atoms with E-state index in [1.165, 1.54) is 12.8 Å². The number of hydrogen-bond acceptors (Lipinski definition) is 2. The molecule has 12 heavy (non-hydrogen) atoms. The van der Waals surface area contributed by atoms with Crippen molar-refractivity contribution in [3.8, 4) is 0 Å². The summed E-state index contributed by atoms with van der Waals surface area (Å²) in [6.45, 7) is 0.199. The molecular formula is C9H13NO2. The van der Waals surface area contributed by atoms with Gasteiger partial charge in [-0.3, -0.25) is 4.79 Å². The molecular weight excluding hydrogens is 154 g/mol. The van der Waals surface area contributed by atoms with Gasteiger partial charge in [0, 0.05) is 18.6 Å². The zero-order valence-corrected chi connectivity index (χ0v) is 6.92. The van der Waals surface area contributed by atoms with Gasteiger partial charge in [-0.2, -0.15) is 0 Å². The number of carbonyl (C=O) groups excluding carboxylic acids is 1.